The minimum absolute atomic E-state index is 1.25. The Morgan fingerprint density at radius 2 is 0.170 bits per heavy atom. The van der Waals surface area contributed by atoms with Crippen LogP contribution in [0.3, 0.4) is 0 Å². The third-order valence-corrected chi connectivity index (χ3v) is 22.3. The Bertz CT molecular complexity index is 6050. The SMILES string of the molecule is c1cc2cc3cc4cc5ccc6cc7cc(cc1c7c2c6c53)-c1cc2ccc3cc5cc(cc6ccc7cc(c1)c2c3c7c65)-c1cc2ccc3cc5cc(cc6ccc7cc(c1)c2c3c7c65)-c1cc2ccc3cc5cc-4cc4ccc6cc(c1)c2c3c6c45. The van der Waals surface area contributed by atoms with Crippen molar-refractivity contribution < 1.29 is 0 Å². The van der Waals surface area contributed by atoms with Gasteiger partial charge in [-0.2, -0.15) is 0 Å². The van der Waals surface area contributed by atoms with E-state index in [0.717, 1.165) is 0 Å². The lowest BCUT2D eigenvalue weighted by Gasteiger charge is -2.21. The van der Waals surface area contributed by atoms with Crippen LogP contribution in [0.25, 0.3) is 260 Å². The van der Waals surface area contributed by atoms with Crippen molar-refractivity contribution >= 4 is 215 Å². The fourth-order valence-electron chi connectivity index (χ4n) is 18.8. The lowest BCUT2D eigenvalue weighted by Crippen LogP contribution is -1.93. The highest BCUT2D eigenvalue weighted by atomic mass is 14.3. The third-order valence-electron chi connectivity index (χ3n) is 22.3. The molecule has 0 nitrogen and oxygen atoms in total. The summed E-state index contributed by atoms with van der Waals surface area (Å²) in [6, 6.07) is 97.1. The fraction of sp³-hybridized carbons (Fsp3) is 0. The number of benzene rings is 24. The smallest absolute Gasteiger partial charge is 0.00141 e. The summed E-state index contributed by atoms with van der Waals surface area (Å²) in [7, 11) is 0. The summed E-state index contributed by atoms with van der Waals surface area (Å²) >= 11 is 0. The molecule has 23 aliphatic carbocycles. The molecule has 23 aliphatic rings. The second-order valence-electron chi connectivity index (χ2n) is 26.7. The molecule has 0 spiro atoms. The van der Waals surface area contributed by atoms with E-state index in [1.165, 1.54) is 260 Å². The van der Waals surface area contributed by atoms with Gasteiger partial charge in [-0.25, -0.2) is 0 Å². The average molecular weight is 1100 g/mol. The quantitative estimate of drug-likeness (QED) is 0.105. The van der Waals surface area contributed by atoms with Crippen molar-refractivity contribution in [2.24, 2.45) is 0 Å². The molecule has 0 atom stereocenters. The molecule has 0 saturated heterocycles. The molecule has 48 bridgehead atoms. The summed E-state index contributed by atoms with van der Waals surface area (Å²) in [6.45, 7) is 0. The van der Waals surface area contributed by atoms with E-state index in [1.54, 1.807) is 0 Å². The maximum atomic E-state index is 2.47. The Morgan fingerprint density at radius 1 is 0.0795 bits per heavy atom. The lowest BCUT2D eigenvalue weighted by molar-refractivity contribution is 1.71. The van der Waals surface area contributed by atoms with Crippen molar-refractivity contribution in [3.8, 4) is 44.5 Å². The standard InChI is InChI=1S/C88H40/c1-9-49-25-66-35-59-19-43-2-10-50-26-65-33-57(17-41(1)73(65)81(49)82(50)74(43)66)58-18-42-3-11-52-28-69-37-61(21-45-4-12-51-27-67(34-58)75(42)83(52)84(51)77(45)69)62-23-47-7-15-56-32-72-40-64(24-48-8-16-55-31-71(38-62)79(47)87(56)88(55)80(48)72)63-22-46-6-14-53-29-68-36-60(59)20-44-5-13-54-30-70(39-63)78(46)86(53)85(54)76(44)68/h1-40H. The molecule has 0 aromatic heterocycles. The summed E-state index contributed by atoms with van der Waals surface area (Å²) in [4.78, 5) is 0. The highest BCUT2D eigenvalue weighted by Gasteiger charge is 2.25. The summed E-state index contributed by atoms with van der Waals surface area (Å²) in [5.41, 5.74) is 10.0. The van der Waals surface area contributed by atoms with E-state index in [-0.39, 0.29) is 0 Å². The molecular weight excluding hydrogens is 1060 g/mol. The van der Waals surface area contributed by atoms with Gasteiger partial charge in [-0.05, 0) is 406 Å². The molecule has 0 aliphatic heterocycles. The van der Waals surface area contributed by atoms with Gasteiger partial charge in [-0.15, -0.1) is 0 Å². The van der Waals surface area contributed by atoms with E-state index in [1.807, 2.05) is 0 Å². The van der Waals surface area contributed by atoms with Crippen LogP contribution in [0.15, 0.2) is 243 Å². The molecule has 24 aromatic carbocycles. The lowest BCUT2D eigenvalue weighted by atomic mass is 9.82. The predicted molar refractivity (Wildman–Crippen MR) is 381 cm³/mol. The minimum atomic E-state index is 1.25. The Labute approximate surface area is 499 Å². The molecule has 0 heterocycles. The van der Waals surface area contributed by atoms with Gasteiger partial charge in [-0.1, -0.05) is 97.1 Å². The molecule has 47 rings (SSSR count). The number of hydrogen-bond donors (Lipinski definition) is 0. The van der Waals surface area contributed by atoms with Crippen LogP contribution in [0, 0.1) is 0 Å². The van der Waals surface area contributed by atoms with E-state index in [2.05, 4.69) is 243 Å². The normalized spacial score (nSPS) is 13.5. The Morgan fingerprint density at radius 3 is 0.284 bits per heavy atom. The van der Waals surface area contributed by atoms with Gasteiger partial charge in [-0.3, -0.25) is 0 Å². The first-order chi connectivity index (χ1) is 43.5. The maximum Gasteiger partial charge on any atom is -0.00141 e. The van der Waals surface area contributed by atoms with Gasteiger partial charge in [0.25, 0.3) is 0 Å². The van der Waals surface area contributed by atoms with E-state index in [4.69, 9.17) is 0 Å². The first-order valence-electron chi connectivity index (χ1n) is 31.1. The van der Waals surface area contributed by atoms with E-state index in [9.17, 15) is 0 Å². The molecular formula is C88H40. The summed E-state index contributed by atoms with van der Waals surface area (Å²) < 4.78 is 0. The van der Waals surface area contributed by atoms with Gasteiger partial charge in [0.1, 0.15) is 0 Å². The van der Waals surface area contributed by atoms with Crippen LogP contribution in [-0.4, -0.2) is 0 Å². The second kappa shape index (κ2) is 14.1. The minimum Gasteiger partial charge on any atom is -0.0537 e. The largest absolute Gasteiger partial charge is 0.0537 e. The summed E-state index contributed by atoms with van der Waals surface area (Å²) in [6.07, 6.45) is 0. The van der Waals surface area contributed by atoms with Crippen molar-refractivity contribution in [3.63, 3.8) is 0 Å². The Balaban J connectivity index is 0.771. The molecule has 0 fully saturated rings. The molecule has 0 heteroatoms. The van der Waals surface area contributed by atoms with E-state index >= 15 is 0 Å². The molecule has 88 heavy (non-hydrogen) atoms. The molecule has 24 aromatic rings. The van der Waals surface area contributed by atoms with Crippen LogP contribution < -0.4 is 0 Å². The maximum absolute atomic E-state index is 2.47. The van der Waals surface area contributed by atoms with Crippen LogP contribution in [0.4, 0.5) is 0 Å². The van der Waals surface area contributed by atoms with E-state index in [0.29, 0.717) is 0 Å². The highest BCUT2D eigenvalue weighted by Crippen LogP contribution is 2.53. The van der Waals surface area contributed by atoms with Gasteiger partial charge in [0.05, 0.1) is 0 Å². The van der Waals surface area contributed by atoms with Crippen molar-refractivity contribution in [2.45, 2.75) is 0 Å². The summed E-state index contributed by atoms with van der Waals surface area (Å²) in [5.74, 6) is 0. The van der Waals surface area contributed by atoms with Crippen LogP contribution in [-0.2, 0) is 0 Å². The first kappa shape index (κ1) is 43.2. The number of hydrogen-bond acceptors (Lipinski definition) is 0. The van der Waals surface area contributed by atoms with Crippen LogP contribution in [0.5, 0.6) is 0 Å². The molecule has 0 saturated carbocycles. The first-order valence-corrected chi connectivity index (χ1v) is 31.1. The van der Waals surface area contributed by atoms with Crippen LogP contribution in [0.2, 0.25) is 0 Å². The van der Waals surface area contributed by atoms with Gasteiger partial charge >= 0.3 is 0 Å². The van der Waals surface area contributed by atoms with Crippen LogP contribution in [0.1, 0.15) is 0 Å². The Kier molecular flexibility index (Phi) is 6.93. The van der Waals surface area contributed by atoms with Crippen molar-refractivity contribution in [1.29, 1.82) is 0 Å². The predicted octanol–water partition coefficient (Wildman–Crippen LogP) is 25.2. The second-order valence-corrected chi connectivity index (χ2v) is 26.7. The third kappa shape index (κ3) is 4.98. The molecule has 392 valence electrons. The fourth-order valence-corrected chi connectivity index (χ4v) is 18.8. The van der Waals surface area contributed by atoms with Crippen molar-refractivity contribution in [2.75, 3.05) is 0 Å². The Hall–Kier alpha value is -11.4. The molecule has 0 N–H and O–H groups in total. The summed E-state index contributed by atoms with van der Waals surface area (Å²) in [5, 5.41) is 52.8. The van der Waals surface area contributed by atoms with Gasteiger partial charge in [0.15, 0.2) is 0 Å². The topological polar surface area (TPSA) is 0 Å². The van der Waals surface area contributed by atoms with Crippen molar-refractivity contribution in [3.05, 3.63) is 243 Å². The van der Waals surface area contributed by atoms with E-state index < -0.39 is 0 Å². The van der Waals surface area contributed by atoms with Gasteiger partial charge in [0, 0.05) is 0 Å². The number of rotatable bonds is 0. The zero-order valence-corrected chi connectivity index (χ0v) is 47.1. The monoisotopic (exact) mass is 1100 g/mol. The molecule has 0 unspecified atom stereocenters. The molecule has 0 radical (unpaired) electrons. The van der Waals surface area contributed by atoms with Gasteiger partial charge in [0.2, 0.25) is 0 Å². The van der Waals surface area contributed by atoms with Gasteiger partial charge < -0.3 is 0 Å². The highest BCUT2D eigenvalue weighted by molar-refractivity contribution is 6.42. The average Bonchev–Trinajstić information content (AvgIpc) is 0.781. The molecule has 0 amide bonds. The zero-order valence-electron chi connectivity index (χ0n) is 47.1. The zero-order chi connectivity index (χ0) is 56.0. The van der Waals surface area contributed by atoms with Crippen LogP contribution >= 0.6 is 0 Å². The van der Waals surface area contributed by atoms with Crippen molar-refractivity contribution in [1.82, 2.24) is 0 Å².